The average Bonchev–Trinajstić information content (AvgIpc) is 2.35. The Morgan fingerprint density at radius 2 is 1.95 bits per heavy atom. The van der Waals surface area contributed by atoms with Crippen molar-refractivity contribution in [2.24, 2.45) is 11.7 Å². The van der Waals surface area contributed by atoms with Gasteiger partial charge in [-0.3, -0.25) is 4.79 Å². The van der Waals surface area contributed by atoms with E-state index in [1.54, 1.807) is 12.0 Å². The van der Waals surface area contributed by atoms with E-state index in [1.165, 1.54) is 0 Å². The van der Waals surface area contributed by atoms with Gasteiger partial charge in [0, 0.05) is 24.7 Å². The summed E-state index contributed by atoms with van der Waals surface area (Å²) in [7, 11) is 3.49. The molecule has 1 aromatic carbocycles. The molecule has 104 valence electrons. The predicted octanol–water partition coefficient (Wildman–Crippen LogP) is 2.01. The Balaban J connectivity index is 2.21. The van der Waals surface area contributed by atoms with E-state index in [9.17, 15) is 4.79 Å². The standard InChI is InChI=1S/C15H22N2O2/c1-9-6-14(19-4)10(2)5-13(9)17(3)15(18)11-7-12(16)8-11/h5-6,11-12H,7-8,16H2,1-4H3. The number of anilines is 1. The summed E-state index contributed by atoms with van der Waals surface area (Å²) in [4.78, 5) is 14.1. The maximum absolute atomic E-state index is 12.3. The van der Waals surface area contributed by atoms with Crippen LogP contribution >= 0.6 is 0 Å². The van der Waals surface area contributed by atoms with Crippen molar-refractivity contribution in [3.05, 3.63) is 23.3 Å². The topological polar surface area (TPSA) is 55.6 Å². The lowest BCUT2D eigenvalue weighted by Crippen LogP contribution is -2.45. The highest BCUT2D eigenvalue weighted by molar-refractivity contribution is 5.96. The molecular weight excluding hydrogens is 240 g/mol. The molecule has 1 fully saturated rings. The minimum atomic E-state index is 0.0850. The zero-order chi connectivity index (χ0) is 14.2. The van der Waals surface area contributed by atoms with Gasteiger partial charge in [-0.1, -0.05) is 0 Å². The molecule has 0 spiro atoms. The molecule has 2 rings (SSSR count). The van der Waals surface area contributed by atoms with Crippen LogP contribution in [0, 0.1) is 19.8 Å². The first-order valence-electron chi connectivity index (χ1n) is 6.62. The lowest BCUT2D eigenvalue weighted by atomic mass is 9.80. The third-order valence-corrected chi connectivity index (χ3v) is 3.93. The molecule has 0 aromatic heterocycles. The highest BCUT2D eigenvalue weighted by Crippen LogP contribution is 2.32. The lowest BCUT2D eigenvalue weighted by Gasteiger charge is -2.34. The molecule has 1 aliphatic carbocycles. The van der Waals surface area contributed by atoms with Gasteiger partial charge in [0.2, 0.25) is 5.91 Å². The minimum absolute atomic E-state index is 0.0850. The SMILES string of the molecule is COc1cc(C)c(N(C)C(=O)C2CC(N)C2)cc1C. The van der Waals surface area contributed by atoms with Crippen LogP contribution in [0.3, 0.4) is 0 Å². The monoisotopic (exact) mass is 262 g/mol. The zero-order valence-electron chi connectivity index (χ0n) is 12.1. The van der Waals surface area contributed by atoms with Gasteiger partial charge < -0.3 is 15.4 Å². The van der Waals surface area contributed by atoms with Gasteiger partial charge in [-0.15, -0.1) is 0 Å². The van der Waals surface area contributed by atoms with E-state index in [1.807, 2.05) is 33.0 Å². The van der Waals surface area contributed by atoms with Crippen molar-refractivity contribution >= 4 is 11.6 Å². The summed E-state index contributed by atoms with van der Waals surface area (Å²) in [6.07, 6.45) is 1.61. The van der Waals surface area contributed by atoms with E-state index in [-0.39, 0.29) is 17.9 Å². The summed E-state index contributed by atoms with van der Waals surface area (Å²) >= 11 is 0. The molecule has 4 nitrogen and oxygen atoms in total. The van der Waals surface area contributed by atoms with Crippen molar-refractivity contribution in [2.75, 3.05) is 19.1 Å². The Labute approximate surface area is 114 Å². The predicted molar refractivity (Wildman–Crippen MR) is 76.6 cm³/mol. The van der Waals surface area contributed by atoms with Gasteiger partial charge in [0.05, 0.1) is 7.11 Å². The summed E-state index contributed by atoms with van der Waals surface area (Å²) in [5.41, 5.74) is 8.78. The molecule has 0 atom stereocenters. The number of carbonyl (C=O) groups excluding carboxylic acids is 1. The van der Waals surface area contributed by atoms with Crippen LogP contribution in [0.1, 0.15) is 24.0 Å². The molecule has 0 saturated heterocycles. The molecular formula is C15H22N2O2. The molecule has 19 heavy (non-hydrogen) atoms. The Morgan fingerprint density at radius 1 is 1.32 bits per heavy atom. The molecule has 4 heteroatoms. The van der Waals surface area contributed by atoms with Crippen LogP contribution in [0.2, 0.25) is 0 Å². The van der Waals surface area contributed by atoms with E-state index >= 15 is 0 Å². The molecule has 0 aliphatic heterocycles. The number of methoxy groups -OCH3 is 1. The van der Waals surface area contributed by atoms with Crippen LogP contribution in [0.15, 0.2) is 12.1 Å². The number of benzene rings is 1. The molecule has 1 aliphatic rings. The van der Waals surface area contributed by atoms with Gasteiger partial charge in [0.25, 0.3) is 0 Å². The number of rotatable bonds is 3. The van der Waals surface area contributed by atoms with Crippen LogP contribution in [-0.4, -0.2) is 26.1 Å². The number of amides is 1. The lowest BCUT2D eigenvalue weighted by molar-refractivity contribution is -0.124. The van der Waals surface area contributed by atoms with Crippen molar-refractivity contribution < 1.29 is 9.53 Å². The Bertz CT molecular complexity index is 493. The van der Waals surface area contributed by atoms with Gasteiger partial charge in [-0.2, -0.15) is 0 Å². The molecule has 0 radical (unpaired) electrons. The third-order valence-electron chi connectivity index (χ3n) is 3.93. The largest absolute Gasteiger partial charge is 0.496 e. The number of hydrogen-bond donors (Lipinski definition) is 1. The smallest absolute Gasteiger partial charge is 0.229 e. The zero-order valence-corrected chi connectivity index (χ0v) is 12.1. The summed E-state index contributed by atoms with van der Waals surface area (Å²) in [6.45, 7) is 3.98. The van der Waals surface area contributed by atoms with Crippen LogP contribution < -0.4 is 15.4 Å². The normalized spacial score (nSPS) is 21.7. The molecule has 1 saturated carbocycles. The fourth-order valence-corrected chi connectivity index (χ4v) is 2.61. The fourth-order valence-electron chi connectivity index (χ4n) is 2.61. The molecule has 2 N–H and O–H groups in total. The molecule has 0 bridgehead atoms. The summed E-state index contributed by atoms with van der Waals surface area (Å²) < 4.78 is 5.29. The Kier molecular flexibility index (Phi) is 3.80. The van der Waals surface area contributed by atoms with Crippen molar-refractivity contribution in [1.82, 2.24) is 0 Å². The number of nitrogens with two attached hydrogens (primary N) is 1. The highest BCUT2D eigenvalue weighted by atomic mass is 16.5. The van der Waals surface area contributed by atoms with Crippen molar-refractivity contribution in [3.63, 3.8) is 0 Å². The van der Waals surface area contributed by atoms with Gasteiger partial charge in [0.15, 0.2) is 0 Å². The number of carbonyl (C=O) groups is 1. The number of nitrogens with zero attached hydrogens (tertiary/aromatic N) is 1. The van der Waals surface area contributed by atoms with E-state index in [4.69, 9.17) is 10.5 Å². The average molecular weight is 262 g/mol. The second kappa shape index (κ2) is 5.21. The summed E-state index contributed by atoms with van der Waals surface area (Å²) in [5.74, 6) is 1.10. The maximum atomic E-state index is 12.3. The molecule has 0 heterocycles. The number of aryl methyl sites for hydroxylation is 2. The second-order valence-electron chi connectivity index (χ2n) is 5.43. The van der Waals surface area contributed by atoms with E-state index in [0.717, 1.165) is 35.4 Å². The second-order valence-corrected chi connectivity index (χ2v) is 5.43. The number of ether oxygens (including phenoxy) is 1. The third kappa shape index (κ3) is 2.59. The summed E-state index contributed by atoms with van der Waals surface area (Å²) in [6, 6.07) is 4.17. The Morgan fingerprint density at radius 3 is 2.47 bits per heavy atom. The Hall–Kier alpha value is -1.55. The van der Waals surface area contributed by atoms with Crippen molar-refractivity contribution in [2.45, 2.75) is 32.7 Å². The first-order chi connectivity index (χ1) is 8.93. The van der Waals surface area contributed by atoms with E-state index < -0.39 is 0 Å². The minimum Gasteiger partial charge on any atom is -0.496 e. The van der Waals surface area contributed by atoms with Gasteiger partial charge >= 0.3 is 0 Å². The summed E-state index contributed by atoms with van der Waals surface area (Å²) in [5, 5.41) is 0. The first-order valence-corrected chi connectivity index (χ1v) is 6.62. The molecule has 0 unspecified atom stereocenters. The first kappa shape index (κ1) is 13.9. The van der Waals surface area contributed by atoms with E-state index in [2.05, 4.69) is 0 Å². The van der Waals surface area contributed by atoms with Crippen LogP contribution in [-0.2, 0) is 4.79 Å². The number of hydrogen-bond acceptors (Lipinski definition) is 3. The van der Waals surface area contributed by atoms with Crippen LogP contribution in [0.25, 0.3) is 0 Å². The van der Waals surface area contributed by atoms with Crippen molar-refractivity contribution in [1.29, 1.82) is 0 Å². The fraction of sp³-hybridized carbons (Fsp3) is 0.533. The highest BCUT2D eigenvalue weighted by Gasteiger charge is 2.34. The van der Waals surface area contributed by atoms with Crippen molar-refractivity contribution in [3.8, 4) is 5.75 Å². The van der Waals surface area contributed by atoms with Crippen LogP contribution in [0.5, 0.6) is 5.75 Å². The van der Waals surface area contributed by atoms with Gasteiger partial charge in [-0.05, 0) is 49.9 Å². The van der Waals surface area contributed by atoms with Crippen LogP contribution in [0.4, 0.5) is 5.69 Å². The molecule has 1 amide bonds. The van der Waals surface area contributed by atoms with Gasteiger partial charge in [-0.25, -0.2) is 0 Å². The van der Waals surface area contributed by atoms with Gasteiger partial charge in [0.1, 0.15) is 5.75 Å². The molecule has 1 aromatic rings. The maximum Gasteiger partial charge on any atom is 0.229 e. The van der Waals surface area contributed by atoms with E-state index in [0.29, 0.717) is 0 Å². The quantitative estimate of drug-likeness (QED) is 0.906.